The van der Waals surface area contributed by atoms with Gasteiger partial charge in [0.15, 0.2) is 5.13 Å². The number of carbonyl (C=O) groups is 3. The average molecular weight is 297 g/mol. The van der Waals surface area contributed by atoms with Crippen LogP contribution in [0.5, 0.6) is 0 Å². The summed E-state index contributed by atoms with van der Waals surface area (Å²) in [5, 5.41) is 4.52. The van der Waals surface area contributed by atoms with Crippen LogP contribution in [-0.2, 0) is 14.3 Å². The number of carbonyl (C=O) groups excluding carboxylic acids is 3. The molecule has 7 nitrogen and oxygen atoms in total. The molecule has 1 N–H and O–H groups in total. The minimum Gasteiger partial charge on any atom is -0.469 e. The van der Waals surface area contributed by atoms with E-state index in [1.54, 1.807) is 10.3 Å². The lowest BCUT2D eigenvalue weighted by molar-refractivity contribution is -0.144. The summed E-state index contributed by atoms with van der Waals surface area (Å²) in [5.74, 6) is -1.02. The summed E-state index contributed by atoms with van der Waals surface area (Å²) in [6, 6.07) is 0. The Morgan fingerprint density at radius 2 is 2.25 bits per heavy atom. The van der Waals surface area contributed by atoms with Crippen LogP contribution in [0.1, 0.15) is 23.8 Å². The summed E-state index contributed by atoms with van der Waals surface area (Å²) < 4.78 is 4.68. The number of esters is 1. The van der Waals surface area contributed by atoms with Gasteiger partial charge in [-0.15, -0.1) is 11.3 Å². The third kappa shape index (κ3) is 3.13. The van der Waals surface area contributed by atoms with Crippen molar-refractivity contribution in [1.82, 2.24) is 9.88 Å². The Labute approximate surface area is 119 Å². The van der Waals surface area contributed by atoms with Crippen LogP contribution >= 0.6 is 11.3 Å². The second-order valence-corrected chi connectivity index (χ2v) is 5.34. The quantitative estimate of drug-likeness (QED) is 0.831. The number of thiazole rings is 1. The largest absolute Gasteiger partial charge is 0.469 e. The lowest BCUT2D eigenvalue weighted by atomic mass is 10.1. The van der Waals surface area contributed by atoms with Crippen LogP contribution < -0.4 is 5.32 Å². The number of rotatable bonds is 3. The van der Waals surface area contributed by atoms with E-state index in [0.717, 1.165) is 0 Å². The fourth-order valence-electron chi connectivity index (χ4n) is 2.05. The molecule has 1 aliphatic rings. The zero-order valence-corrected chi connectivity index (χ0v) is 12.0. The maximum absolute atomic E-state index is 12.2. The van der Waals surface area contributed by atoms with Crippen LogP contribution in [0.25, 0.3) is 0 Å². The van der Waals surface area contributed by atoms with Crippen LogP contribution in [0, 0.1) is 5.92 Å². The molecule has 0 saturated carbocycles. The van der Waals surface area contributed by atoms with E-state index in [-0.39, 0.29) is 29.4 Å². The van der Waals surface area contributed by atoms with E-state index < -0.39 is 0 Å². The third-order valence-electron chi connectivity index (χ3n) is 3.02. The highest BCUT2D eigenvalue weighted by molar-refractivity contribution is 7.14. The van der Waals surface area contributed by atoms with Crippen LogP contribution in [0.4, 0.5) is 5.13 Å². The van der Waals surface area contributed by atoms with Crippen molar-refractivity contribution in [3.8, 4) is 0 Å². The van der Waals surface area contributed by atoms with Crippen LogP contribution in [0.3, 0.4) is 0 Å². The average Bonchev–Trinajstić information content (AvgIpc) is 3.05. The molecule has 1 aliphatic heterocycles. The highest BCUT2D eigenvalue weighted by atomic mass is 32.1. The Hall–Kier alpha value is -1.96. The number of methoxy groups -OCH3 is 1. The van der Waals surface area contributed by atoms with Crippen molar-refractivity contribution < 1.29 is 19.1 Å². The maximum Gasteiger partial charge on any atom is 0.310 e. The predicted molar refractivity (Wildman–Crippen MR) is 72.4 cm³/mol. The van der Waals surface area contributed by atoms with Gasteiger partial charge in [-0.1, -0.05) is 0 Å². The van der Waals surface area contributed by atoms with E-state index in [0.29, 0.717) is 24.6 Å². The Morgan fingerprint density at radius 3 is 2.90 bits per heavy atom. The summed E-state index contributed by atoms with van der Waals surface area (Å²) in [7, 11) is 1.34. The molecule has 2 amide bonds. The number of ether oxygens (including phenoxy) is 1. The van der Waals surface area contributed by atoms with E-state index >= 15 is 0 Å². The number of aromatic nitrogens is 1. The third-order valence-corrected chi connectivity index (χ3v) is 3.77. The van der Waals surface area contributed by atoms with Crippen LogP contribution in [0.2, 0.25) is 0 Å². The number of likely N-dealkylation sites (tertiary alicyclic amines) is 1. The van der Waals surface area contributed by atoms with Gasteiger partial charge in [-0.2, -0.15) is 0 Å². The number of amides is 2. The van der Waals surface area contributed by atoms with E-state index in [9.17, 15) is 14.4 Å². The molecule has 8 heteroatoms. The SMILES string of the molecule is COC(=O)C1CCN(C(=O)c2csc(NC(C)=O)n2)C1. The van der Waals surface area contributed by atoms with Crippen molar-refractivity contribution in [3.63, 3.8) is 0 Å². The standard InChI is InChI=1S/C12H15N3O4S/c1-7(16)13-12-14-9(6-20-12)10(17)15-4-3-8(5-15)11(18)19-2/h6,8H,3-5H2,1-2H3,(H,13,14,16). The van der Waals surface area contributed by atoms with Gasteiger partial charge in [-0.05, 0) is 6.42 Å². The van der Waals surface area contributed by atoms with Gasteiger partial charge in [0.2, 0.25) is 5.91 Å². The molecule has 1 aromatic rings. The molecular weight excluding hydrogens is 282 g/mol. The Kier molecular flexibility index (Phi) is 4.33. The van der Waals surface area contributed by atoms with E-state index in [1.807, 2.05) is 0 Å². The Balaban J connectivity index is 2.00. The summed E-state index contributed by atoms with van der Waals surface area (Å²) in [6.07, 6.45) is 0.598. The Bertz CT molecular complexity index is 543. The van der Waals surface area contributed by atoms with E-state index in [1.165, 1.54) is 25.4 Å². The molecule has 108 valence electrons. The number of hydrogen-bond acceptors (Lipinski definition) is 6. The van der Waals surface area contributed by atoms with E-state index in [2.05, 4.69) is 15.0 Å². The number of hydrogen-bond donors (Lipinski definition) is 1. The highest BCUT2D eigenvalue weighted by Crippen LogP contribution is 2.22. The fourth-order valence-corrected chi connectivity index (χ4v) is 2.78. The first kappa shape index (κ1) is 14.4. The first-order chi connectivity index (χ1) is 9.51. The van der Waals surface area contributed by atoms with Crippen LogP contribution in [-0.4, -0.2) is 47.9 Å². The topological polar surface area (TPSA) is 88.6 Å². The smallest absolute Gasteiger partial charge is 0.310 e. The number of nitrogens with zero attached hydrogens (tertiary/aromatic N) is 2. The van der Waals surface area contributed by atoms with Gasteiger partial charge in [-0.25, -0.2) is 4.98 Å². The van der Waals surface area contributed by atoms with Crippen molar-refractivity contribution in [1.29, 1.82) is 0 Å². The van der Waals surface area contributed by atoms with Gasteiger partial charge in [-0.3, -0.25) is 14.4 Å². The normalized spacial score (nSPS) is 17.9. The molecule has 0 bridgehead atoms. The van der Waals surface area contributed by atoms with E-state index in [4.69, 9.17) is 0 Å². The molecule has 1 aromatic heterocycles. The molecule has 1 fully saturated rings. The highest BCUT2D eigenvalue weighted by Gasteiger charge is 2.32. The predicted octanol–water partition coefficient (Wildman–Crippen LogP) is 0.737. The molecule has 0 aromatic carbocycles. The lowest BCUT2D eigenvalue weighted by Crippen LogP contribution is -2.30. The molecule has 0 spiro atoms. The number of anilines is 1. The monoisotopic (exact) mass is 297 g/mol. The minimum absolute atomic E-state index is 0.231. The molecule has 2 heterocycles. The van der Waals surface area contributed by atoms with Gasteiger partial charge in [0.1, 0.15) is 5.69 Å². The second kappa shape index (κ2) is 6.00. The zero-order valence-electron chi connectivity index (χ0n) is 11.2. The zero-order chi connectivity index (χ0) is 14.7. The first-order valence-corrected chi connectivity index (χ1v) is 6.99. The molecule has 1 unspecified atom stereocenters. The summed E-state index contributed by atoms with van der Waals surface area (Å²) >= 11 is 1.19. The van der Waals surface area contributed by atoms with Gasteiger partial charge in [0.25, 0.3) is 5.91 Å². The number of nitrogens with one attached hydrogen (secondary N) is 1. The maximum atomic E-state index is 12.2. The fraction of sp³-hybridized carbons (Fsp3) is 0.500. The molecule has 2 rings (SSSR count). The second-order valence-electron chi connectivity index (χ2n) is 4.48. The summed E-state index contributed by atoms with van der Waals surface area (Å²) in [6.45, 7) is 2.23. The summed E-state index contributed by atoms with van der Waals surface area (Å²) in [4.78, 5) is 40.2. The van der Waals surface area contributed by atoms with Crippen LogP contribution in [0.15, 0.2) is 5.38 Å². The molecule has 20 heavy (non-hydrogen) atoms. The Morgan fingerprint density at radius 1 is 1.50 bits per heavy atom. The molecule has 1 atom stereocenters. The molecule has 0 radical (unpaired) electrons. The van der Waals surface area contributed by atoms with Gasteiger partial charge < -0.3 is 15.0 Å². The van der Waals surface area contributed by atoms with Crippen molar-refractivity contribution >= 4 is 34.3 Å². The first-order valence-electron chi connectivity index (χ1n) is 6.11. The lowest BCUT2D eigenvalue weighted by Gasteiger charge is -2.14. The van der Waals surface area contributed by atoms with Gasteiger partial charge in [0, 0.05) is 25.4 Å². The molecule has 0 aliphatic carbocycles. The molecular formula is C12H15N3O4S. The van der Waals surface area contributed by atoms with Crippen molar-refractivity contribution in [2.45, 2.75) is 13.3 Å². The van der Waals surface area contributed by atoms with Gasteiger partial charge >= 0.3 is 5.97 Å². The van der Waals surface area contributed by atoms with Crippen molar-refractivity contribution in [3.05, 3.63) is 11.1 Å². The van der Waals surface area contributed by atoms with Gasteiger partial charge in [0.05, 0.1) is 13.0 Å². The minimum atomic E-state index is -0.294. The molecule has 1 saturated heterocycles. The summed E-state index contributed by atoms with van der Waals surface area (Å²) in [5.41, 5.74) is 0.282. The van der Waals surface area contributed by atoms with Crippen molar-refractivity contribution in [2.75, 3.05) is 25.5 Å². The van der Waals surface area contributed by atoms with Crippen molar-refractivity contribution in [2.24, 2.45) is 5.92 Å².